The molecule has 0 aromatic carbocycles. The first-order valence-corrected chi connectivity index (χ1v) is 4.81. The quantitative estimate of drug-likeness (QED) is 0.513. The lowest BCUT2D eigenvalue weighted by Gasteiger charge is -2.07. The van der Waals surface area contributed by atoms with E-state index < -0.39 is 21.5 Å². The molecule has 0 atom stereocenters. The lowest BCUT2D eigenvalue weighted by molar-refractivity contribution is -0.0505. The van der Waals surface area contributed by atoms with Crippen LogP contribution in [0.5, 0.6) is 0 Å². The van der Waals surface area contributed by atoms with E-state index in [4.69, 9.17) is 0 Å². The van der Waals surface area contributed by atoms with E-state index in [9.17, 15) is 21.6 Å². The fraction of sp³-hybridized carbons (Fsp3) is 0.167. The first-order valence-electron chi connectivity index (χ1n) is 3.41. The number of nitrogens with zero attached hydrogens (tertiary/aromatic N) is 1. The van der Waals surface area contributed by atoms with Crippen molar-refractivity contribution in [2.45, 2.75) is 5.51 Å². The van der Waals surface area contributed by atoms with Crippen LogP contribution in [0.1, 0.15) is 0 Å². The second-order valence-electron chi connectivity index (χ2n) is 2.21. The molecule has 9 heteroatoms. The van der Waals surface area contributed by atoms with Gasteiger partial charge < -0.3 is 9.02 Å². The van der Waals surface area contributed by atoms with E-state index in [1.165, 1.54) is 12.2 Å². The maximum absolute atomic E-state index is 11.8. The van der Waals surface area contributed by atoms with Crippen LogP contribution in [0.3, 0.4) is 0 Å². The first kappa shape index (κ1) is 11.6. The predicted octanol–water partition coefficient (Wildman–Crippen LogP) is 1.27. The van der Waals surface area contributed by atoms with E-state index >= 15 is 0 Å². The summed E-state index contributed by atoms with van der Waals surface area (Å²) in [5.74, 6) is -0.808. The molecule has 0 amide bonds. The van der Waals surface area contributed by atoms with Crippen molar-refractivity contribution in [3.8, 4) is 0 Å². The second kappa shape index (κ2) is 3.93. The van der Waals surface area contributed by atoms with Crippen LogP contribution in [0, 0.1) is 0 Å². The maximum Gasteiger partial charge on any atom is 0.534 e. The molecule has 1 aliphatic heterocycles. The minimum atomic E-state index is -5.70. The molecule has 0 saturated heterocycles. The topological polar surface area (TPSA) is 65.0 Å². The Morgan fingerprint density at radius 3 is 2.60 bits per heavy atom. The zero-order valence-electron chi connectivity index (χ0n) is 6.93. The number of hydrogen-bond donors (Lipinski definition) is 0. The van der Waals surface area contributed by atoms with Crippen molar-refractivity contribution >= 4 is 16.0 Å². The summed E-state index contributed by atoms with van der Waals surface area (Å²) in [7, 11) is -5.70. The van der Waals surface area contributed by atoms with Gasteiger partial charge in [0.2, 0.25) is 0 Å². The second-order valence-corrected chi connectivity index (χ2v) is 3.74. The van der Waals surface area contributed by atoms with E-state index in [-0.39, 0.29) is 0 Å². The molecule has 5 nitrogen and oxygen atoms in total. The molecule has 15 heavy (non-hydrogen) atoms. The Labute approximate surface area is 82.6 Å². The summed E-state index contributed by atoms with van der Waals surface area (Å²) in [5.41, 5.74) is -5.50. The summed E-state index contributed by atoms with van der Waals surface area (Å²) < 4.78 is 60.2. The van der Waals surface area contributed by atoms with E-state index in [2.05, 4.69) is 14.2 Å². The molecule has 0 unspecified atom stereocenters. The summed E-state index contributed by atoms with van der Waals surface area (Å²) in [6.07, 6.45) is 4.44. The minimum absolute atomic E-state index is 0.808. The van der Waals surface area contributed by atoms with Crippen LogP contribution in [0.2, 0.25) is 0 Å². The van der Waals surface area contributed by atoms with Crippen molar-refractivity contribution in [1.82, 2.24) is 0 Å². The van der Waals surface area contributed by atoms with E-state index in [1.54, 1.807) is 0 Å². The fourth-order valence-corrected chi connectivity index (χ4v) is 0.939. The minimum Gasteiger partial charge on any atom is -0.361 e. The van der Waals surface area contributed by atoms with Crippen LogP contribution in [-0.4, -0.2) is 19.8 Å². The molecule has 0 bridgehead atoms. The largest absolute Gasteiger partial charge is 0.534 e. The standard InChI is InChI=1S/C6H4F3NO4S/c7-6(8,9)15(11,12)14-5-3-1-2-4-13-10-5/h1-4H. The van der Waals surface area contributed by atoms with Gasteiger partial charge in [0.25, 0.3) is 5.90 Å². The molecular formula is C6H4F3NO4S. The van der Waals surface area contributed by atoms with Gasteiger partial charge in [-0.15, -0.1) is 0 Å². The monoisotopic (exact) mass is 243 g/mol. The number of allylic oxidation sites excluding steroid dienone is 2. The van der Waals surface area contributed by atoms with Crippen LogP contribution in [0.15, 0.2) is 29.6 Å². The van der Waals surface area contributed by atoms with Crippen LogP contribution in [0.25, 0.3) is 0 Å². The van der Waals surface area contributed by atoms with Crippen molar-refractivity contribution in [2.24, 2.45) is 5.16 Å². The van der Waals surface area contributed by atoms with Gasteiger partial charge in [0.1, 0.15) is 6.26 Å². The van der Waals surface area contributed by atoms with Gasteiger partial charge in [0.15, 0.2) is 0 Å². The first-order chi connectivity index (χ1) is 6.83. The Balaban J connectivity index is 2.84. The Hall–Kier alpha value is -1.51. The number of hydrogen-bond acceptors (Lipinski definition) is 5. The van der Waals surface area contributed by atoms with Gasteiger partial charge in [-0.1, -0.05) is 6.08 Å². The number of oxime groups is 1. The predicted molar refractivity (Wildman–Crippen MR) is 42.9 cm³/mol. The van der Waals surface area contributed by atoms with Crippen LogP contribution >= 0.6 is 0 Å². The summed E-state index contributed by atoms with van der Waals surface area (Å²) in [5, 5.41) is 2.96. The highest BCUT2D eigenvalue weighted by molar-refractivity contribution is 7.88. The molecule has 0 fully saturated rings. The summed E-state index contributed by atoms with van der Waals surface area (Å²) >= 11 is 0. The maximum atomic E-state index is 11.8. The van der Waals surface area contributed by atoms with Crippen LogP contribution < -0.4 is 0 Å². The van der Waals surface area contributed by atoms with Crippen molar-refractivity contribution in [1.29, 1.82) is 0 Å². The highest BCUT2D eigenvalue weighted by Gasteiger charge is 2.49. The highest BCUT2D eigenvalue weighted by Crippen LogP contribution is 2.25. The molecule has 0 aromatic heterocycles. The van der Waals surface area contributed by atoms with Gasteiger partial charge in [-0.2, -0.15) is 21.6 Å². The van der Waals surface area contributed by atoms with Crippen molar-refractivity contribution in [3.63, 3.8) is 0 Å². The summed E-state index contributed by atoms with van der Waals surface area (Å²) in [6, 6.07) is 0. The molecule has 0 aromatic rings. The normalized spacial score (nSPS) is 16.6. The third-order valence-electron chi connectivity index (χ3n) is 1.11. The zero-order chi connectivity index (χ0) is 11.5. The average molecular weight is 243 g/mol. The number of rotatable bonds is 1. The zero-order valence-corrected chi connectivity index (χ0v) is 7.75. The lowest BCUT2D eigenvalue weighted by atomic mass is 10.5. The summed E-state index contributed by atoms with van der Waals surface area (Å²) in [4.78, 5) is 4.25. The molecule has 0 spiro atoms. The molecular weight excluding hydrogens is 239 g/mol. The average Bonchev–Trinajstić information content (AvgIpc) is 2.30. The number of halogens is 3. The van der Waals surface area contributed by atoms with Crippen LogP contribution in [-0.2, 0) is 19.1 Å². The Morgan fingerprint density at radius 2 is 2.00 bits per heavy atom. The lowest BCUT2D eigenvalue weighted by Crippen LogP contribution is -2.27. The Morgan fingerprint density at radius 1 is 1.33 bits per heavy atom. The fourth-order valence-electron chi connectivity index (χ4n) is 0.534. The molecule has 1 aliphatic rings. The molecule has 0 aliphatic carbocycles. The van der Waals surface area contributed by atoms with E-state index in [0.29, 0.717) is 0 Å². The van der Waals surface area contributed by atoms with Gasteiger partial charge in [-0.3, -0.25) is 0 Å². The van der Waals surface area contributed by atoms with Gasteiger partial charge in [0.05, 0.1) is 0 Å². The van der Waals surface area contributed by atoms with Gasteiger partial charge >= 0.3 is 15.6 Å². The Bertz CT molecular complexity index is 420. The highest BCUT2D eigenvalue weighted by atomic mass is 32.2. The van der Waals surface area contributed by atoms with Gasteiger partial charge in [0, 0.05) is 6.08 Å². The third-order valence-corrected chi connectivity index (χ3v) is 2.07. The summed E-state index contributed by atoms with van der Waals surface area (Å²) in [6.45, 7) is 0. The van der Waals surface area contributed by atoms with E-state index in [0.717, 1.165) is 12.3 Å². The molecule has 1 rings (SSSR count). The molecule has 0 N–H and O–H groups in total. The van der Waals surface area contributed by atoms with Crippen molar-refractivity contribution in [3.05, 3.63) is 24.5 Å². The molecule has 0 saturated carbocycles. The SMILES string of the molecule is O=S(=O)(OC1=NOC=CC=C1)C(F)(F)F. The van der Waals surface area contributed by atoms with E-state index in [1.807, 2.05) is 0 Å². The molecule has 84 valence electrons. The smallest absolute Gasteiger partial charge is 0.361 e. The molecule has 1 heterocycles. The molecule has 0 radical (unpaired) electrons. The third kappa shape index (κ3) is 2.98. The van der Waals surface area contributed by atoms with Crippen LogP contribution in [0.4, 0.5) is 13.2 Å². The van der Waals surface area contributed by atoms with Crippen molar-refractivity contribution < 1.29 is 30.6 Å². The van der Waals surface area contributed by atoms with Gasteiger partial charge in [-0.05, 0) is 11.2 Å². The van der Waals surface area contributed by atoms with Crippen molar-refractivity contribution in [2.75, 3.05) is 0 Å². The van der Waals surface area contributed by atoms with Gasteiger partial charge in [-0.25, -0.2) is 0 Å². The number of alkyl halides is 3. The Kier molecular flexibility index (Phi) is 3.03.